The Hall–Kier alpha value is -3.46. The molecule has 1 atom stereocenters. The van der Waals surface area contributed by atoms with Gasteiger partial charge in [-0.1, -0.05) is 137 Å². The Balaban J connectivity index is 0.000000202. The molecule has 198 valence electrons. The topological polar surface area (TPSA) is 35.2 Å². The molecular formula is C35H44BNO. The second kappa shape index (κ2) is 13.9. The fourth-order valence-corrected chi connectivity index (χ4v) is 4.62. The molecule has 0 aromatic heterocycles. The molecule has 2 aliphatic rings. The summed E-state index contributed by atoms with van der Waals surface area (Å²) in [5.74, 6) is 1.69. The van der Waals surface area contributed by atoms with E-state index in [0.717, 1.165) is 36.3 Å². The molecule has 0 bridgehead atoms. The number of benzene rings is 3. The van der Waals surface area contributed by atoms with Gasteiger partial charge in [0.1, 0.15) is 5.75 Å². The molecule has 1 aliphatic heterocycles. The van der Waals surface area contributed by atoms with Gasteiger partial charge >= 0.3 is 6.92 Å². The predicted octanol–water partition coefficient (Wildman–Crippen LogP) is 9.62. The molecule has 2 nitrogen and oxygen atoms in total. The van der Waals surface area contributed by atoms with Gasteiger partial charge in [-0.15, -0.1) is 0 Å². The van der Waals surface area contributed by atoms with Gasteiger partial charge in [-0.3, -0.25) is 0 Å². The highest BCUT2D eigenvalue weighted by atomic mass is 16.4. The molecule has 1 fully saturated rings. The number of rotatable bonds is 6. The monoisotopic (exact) mass is 505 g/mol. The van der Waals surface area contributed by atoms with Crippen LogP contribution in [0.3, 0.4) is 0 Å². The summed E-state index contributed by atoms with van der Waals surface area (Å²) >= 11 is 0. The van der Waals surface area contributed by atoms with Crippen LogP contribution in [0, 0.1) is 0 Å². The molecule has 5 rings (SSSR count). The summed E-state index contributed by atoms with van der Waals surface area (Å²) in [7, 11) is 0. The van der Waals surface area contributed by atoms with Crippen LogP contribution in [0.1, 0.15) is 71.1 Å². The minimum atomic E-state index is 0.310. The largest absolute Gasteiger partial charge is 0.559 e. The maximum Gasteiger partial charge on any atom is 0.366 e. The van der Waals surface area contributed by atoms with E-state index in [0.29, 0.717) is 18.0 Å². The highest BCUT2D eigenvalue weighted by molar-refractivity contribution is 6.71. The van der Waals surface area contributed by atoms with Crippen molar-refractivity contribution in [2.24, 2.45) is 5.73 Å². The Kier molecular flexibility index (Phi) is 10.7. The second-order valence-corrected chi connectivity index (χ2v) is 10.6. The van der Waals surface area contributed by atoms with Crippen LogP contribution in [0.4, 0.5) is 0 Å². The summed E-state index contributed by atoms with van der Waals surface area (Å²) in [6, 6.07) is 28.8. The van der Waals surface area contributed by atoms with E-state index in [1.807, 2.05) is 62.4 Å². The van der Waals surface area contributed by atoms with Crippen molar-refractivity contribution in [2.45, 2.75) is 71.9 Å². The molecule has 3 aromatic rings. The lowest BCUT2D eigenvalue weighted by Crippen LogP contribution is -2.09. The molecule has 1 aliphatic carbocycles. The SMILES string of the molecule is CC.CC1=CC=C(c2ccccc2OB2C(C)C2(C)C)CC1.N/C(=C\Cc1ccccc1)c1ccccc1. The van der Waals surface area contributed by atoms with E-state index in [4.69, 9.17) is 10.4 Å². The molecule has 1 heterocycles. The first-order valence-corrected chi connectivity index (χ1v) is 14.0. The number of para-hydroxylation sites is 1. The molecule has 0 amide bonds. The molecule has 3 aromatic carbocycles. The summed E-state index contributed by atoms with van der Waals surface area (Å²) in [4.78, 5) is 0. The van der Waals surface area contributed by atoms with Crippen LogP contribution in [0.5, 0.6) is 5.75 Å². The Morgan fingerprint density at radius 1 is 0.895 bits per heavy atom. The molecule has 0 radical (unpaired) electrons. The van der Waals surface area contributed by atoms with Crippen molar-refractivity contribution in [3.05, 3.63) is 125 Å². The van der Waals surface area contributed by atoms with E-state index in [2.05, 4.69) is 82.3 Å². The minimum Gasteiger partial charge on any atom is -0.559 e. The number of hydrogen-bond acceptors (Lipinski definition) is 2. The van der Waals surface area contributed by atoms with Crippen LogP contribution in [-0.4, -0.2) is 6.92 Å². The number of hydrogen-bond donors (Lipinski definition) is 1. The van der Waals surface area contributed by atoms with E-state index >= 15 is 0 Å². The van der Waals surface area contributed by atoms with Gasteiger partial charge in [0.2, 0.25) is 0 Å². The average molecular weight is 506 g/mol. The first-order chi connectivity index (χ1) is 18.4. The molecular weight excluding hydrogens is 461 g/mol. The van der Waals surface area contributed by atoms with E-state index < -0.39 is 0 Å². The van der Waals surface area contributed by atoms with Gasteiger partial charge in [0.25, 0.3) is 0 Å². The van der Waals surface area contributed by atoms with Gasteiger partial charge in [-0.2, -0.15) is 0 Å². The third-order valence-electron chi connectivity index (χ3n) is 7.60. The highest BCUT2D eigenvalue weighted by Gasteiger charge is 2.62. The zero-order valence-electron chi connectivity index (χ0n) is 24.1. The summed E-state index contributed by atoms with van der Waals surface area (Å²) < 4.78 is 6.30. The van der Waals surface area contributed by atoms with Crippen LogP contribution in [0.25, 0.3) is 11.3 Å². The van der Waals surface area contributed by atoms with Crippen LogP contribution < -0.4 is 10.4 Å². The molecule has 1 saturated heterocycles. The van der Waals surface area contributed by atoms with Crippen molar-refractivity contribution < 1.29 is 4.65 Å². The summed E-state index contributed by atoms with van der Waals surface area (Å²) in [6.45, 7) is 13.4. The quantitative estimate of drug-likeness (QED) is 0.339. The third-order valence-corrected chi connectivity index (χ3v) is 7.60. The molecule has 2 N–H and O–H groups in total. The van der Waals surface area contributed by atoms with E-state index in [1.165, 1.54) is 22.3 Å². The average Bonchev–Trinajstić information content (AvgIpc) is 3.44. The standard InChI is InChI=1S/C18H23BO.C15H15N.C2H6/c1-13-9-11-15(12-10-13)16-7-5-6-8-17(16)20-19-14(2)18(19,3)4;16-15(14-9-5-2-6-10-14)12-11-13-7-3-1-4-8-13;1-2/h5-9,11,14H,10,12H2,1-4H3;1-10,12H,11,16H2;1-2H3/b;15-12-;. The summed E-state index contributed by atoms with van der Waals surface area (Å²) in [6.07, 6.45) is 9.70. The second-order valence-electron chi connectivity index (χ2n) is 10.6. The van der Waals surface area contributed by atoms with Crippen LogP contribution >= 0.6 is 0 Å². The fourth-order valence-electron chi connectivity index (χ4n) is 4.62. The normalized spacial score (nSPS) is 17.6. The number of allylic oxidation sites excluding steroid dienone is 5. The first kappa shape index (κ1) is 29.1. The minimum absolute atomic E-state index is 0.310. The molecule has 0 spiro atoms. The summed E-state index contributed by atoms with van der Waals surface area (Å²) in [5, 5.41) is 0.310. The maximum absolute atomic E-state index is 6.30. The number of nitrogens with two attached hydrogens (primary N) is 1. The van der Waals surface area contributed by atoms with Crippen LogP contribution in [-0.2, 0) is 6.42 Å². The summed E-state index contributed by atoms with van der Waals surface area (Å²) in [5.41, 5.74) is 13.3. The fraction of sp³-hybridized carbons (Fsp3) is 0.314. The maximum atomic E-state index is 6.30. The Labute approximate surface area is 231 Å². The first-order valence-electron chi connectivity index (χ1n) is 14.0. The van der Waals surface area contributed by atoms with Crippen LogP contribution in [0.2, 0.25) is 11.1 Å². The Bertz CT molecular complexity index is 1240. The van der Waals surface area contributed by atoms with Crippen molar-refractivity contribution in [1.29, 1.82) is 0 Å². The van der Waals surface area contributed by atoms with Gasteiger partial charge in [-0.25, -0.2) is 0 Å². The van der Waals surface area contributed by atoms with Crippen molar-refractivity contribution in [3.63, 3.8) is 0 Å². The Morgan fingerprint density at radius 2 is 1.47 bits per heavy atom. The smallest absolute Gasteiger partial charge is 0.366 e. The van der Waals surface area contributed by atoms with Crippen molar-refractivity contribution in [2.75, 3.05) is 0 Å². The van der Waals surface area contributed by atoms with E-state index in [1.54, 1.807) is 0 Å². The van der Waals surface area contributed by atoms with Crippen LogP contribution in [0.15, 0.2) is 109 Å². The van der Waals surface area contributed by atoms with Gasteiger partial charge in [0.05, 0.1) is 0 Å². The van der Waals surface area contributed by atoms with Gasteiger partial charge < -0.3 is 10.4 Å². The van der Waals surface area contributed by atoms with E-state index in [-0.39, 0.29) is 0 Å². The van der Waals surface area contributed by atoms with Gasteiger partial charge in [-0.05, 0) is 60.1 Å². The van der Waals surface area contributed by atoms with Gasteiger partial charge in [0.15, 0.2) is 0 Å². The van der Waals surface area contributed by atoms with Crippen molar-refractivity contribution >= 4 is 18.2 Å². The lowest BCUT2D eigenvalue weighted by atomic mass is 9.80. The third kappa shape index (κ3) is 7.77. The molecule has 3 heteroatoms. The predicted molar refractivity (Wildman–Crippen MR) is 167 cm³/mol. The lowest BCUT2D eigenvalue weighted by molar-refractivity contribution is 0.578. The molecule has 0 saturated carbocycles. The zero-order chi connectivity index (χ0) is 27.5. The zero-order valence-corrected chi connectivity index (χ0v) is 24.1. The Morgan fingerprint density at radius 3 is 2.05 bits per heavy atom. The molecule has 38 heavy (non-hydrogen) atoms. The van der Waals surface area contributed by atoms with Crippen molar-refractivity contribution in [1.82, 2.24) is 0 Å². The molecule has 1 unspecified atom stereocenters. The van der Waals surface area contributed by atoms with Crippen molar-refractivity contribution in [3.8, 4) is 5.75 Å². The highest BCUT2D eigenvalue weighted by Crippen LogP contribution is 2.62. The van der Waals surface area contributed by atoms with E-state index in [9.17, 15) is 0 Å². The van der Waals surface area contributed by atoms with Gasteiger partial charge in [0, 0.05) is 11.3 Å². The lowest BCUT2D eigenvalue weighted by Gasteiger charge is -2.17.